The van der Waals surface area contributed by atoms with E-state index in [1.54, 1.807) is 12.1 Å². The van der Waals surface area contributed by atoms with Crippen LogP contribution in [0.5, 0.6) is 0 Å². The van der Waals surface area contributed by atoms with E-state index in [2.05, 4.69) is 36.5 Å². The lowest BCUT2D eigenvalue weighted by Gasteiger charge is -2.34. The van der Waals surface area contributed by atoms with Gasteiger partial charge in [0.15, 0.2) is 0 Å². The molecule has 1 N–H and O–H groups in total. The highest BCUT2D eigenvalue weighted by Gasteiger charge is 2.45. The summed E-state index contributed by atoms with van der Waals surface area (Å²) in [6, 6.07) is 14.0. The van der Waals surface area contributed by atoms with Crippen molar-refractivity contribution in [3.8, 4) is 0 Å². The molecule has 2 aliphatic rings. The Hall–Kier alpha value is -1.67. The Morgan fingerprint density at radius 3 is 2.89 bits per heavy atom. The summed E-state index contributed by atoms with van der Waals surface area (Å²) in [6.45, 7) is 2.16. The number of fused-ring (bicyclic) bond motifs is 7. The molecule has 2 aromatic carbocycles. The van der Waals surface area contributed by atoms with Gasteiger partial charge in [0.05, 0.1) is 5.54 Å². The third-order valence-corrected chi connectivity index (χ3v) is 4.37. The minimum Gasteiger partial charge on any atom is -0.297 e. The van der Waals surface area contributed by atoms with Gasteiger partial charge in [-0.15, -0.1) is 0 Å². The molecular weight excluding hydrogens is 225 g/mol. The predicted molar refractivity (Wildman–Crippen MR) is 68.9 cm³/mol. The molecule has 4 rings (SSSR count). The van der Waals surface area contributed by atoms with Gasteiger partial charge in [-0.25, -0.2) is 4.39 Å². The first-order valence-electron chi connectivity index (χ1n) is 6.34. The normalized spacial score (nSPS) is 27.8. The fourth-order valence-electron chi connectivity index (χ4n) is 3.56. The number of benzene rings is 2. The van der Waals surface area contributed by atoms with Gasteiger partial charge in [-0.3, -0.25) is 5.32 Å². The first kappa shape index (κ1) is 10.3. The third-order valence-electron chi connectivity index (χ3n) is 4.37. The van der Waals surface area contributed by atoms with E-state index in [4.69, 9.17) is 0 Å². The zero-order chi connectivity index (χ0) is 12.3. The molecule has 0 saturated carbocycles. The van der Waals surface area contributed by atoms with Crippen molar-refractivity contribution >= 4 is 0 Å². The molecule has 2 aliphatic heterocycles. The zero-order valence-electron chi connectivity index (χ0n) is 10.2. The summed E-state index contributed by atoms with van der Waals surface area (Å²) in [5.74, 6) is -0.151. The quantitative estimate of drug-likeness (QED) is 0.744. The van der Waals surface area contributed by atoms with E-state index in [-0.39, 0.29) is 11.4 Å². The van der Waals surface area contributed by atoms with Crippen LogP contribution in [0.4, 0.5) is 4.39 Å². The van der Waals surface area contributed by atoms with Crippen molar-refractivity contribution in [3.05, 3.63) is 70.5 Å². The van der Waals surface area contributed by atoms with Crippen LogP contribution in [0.2, 0.25) is 0 Å². The first-order valence-corrected chi connectivity index (χ1v) is 6.34. The molecule has 0 radical (unpaired) electrons. The maximum atomic E-state index is 13.5. The lowest BCUT2D eigenvalue weighted by atomic mass is 9.82. The second-order valence-corrected chi connectivity index (χ2v) is 5.41. The van der Waals surface area contributed by atoms with Crippen molar-refractivity contribution in [1.29, 1.82) is 0 Å². The Kier molecular flexibility index (Phi) is 1.83. The van der Waals surface area contributed by atoms with Crippen molar-refractivity contribution in [1.82, 2.24) is 5.32 Å². The number of nitrogens with one attached hydrogen (secondary N) is 1. The Morgan fingerprint density at radius 1 is 1.17 bits per heavy atom. The average molecular weight is 239 g/mol. The largest absolute Gasteiger partial charge is 0.297 e. The molecule has 0 aromatic heterocycles. The molecular formula is C16H14FN. The van der Waals surface area contributed by atoms with E-state index >= 15 is 0 Å². The van der Waals surface area contributed by atoms with Gasteiger partial charge >= 0.3 is 0 Å². The van der Waals surface area contributed by atoms with E-state index in [9.17, 15) is 4.39 Å². The zero-order valence-corrected chi connectivity index (χ0v) is 10.2. The standard InChI is InChI=1S/C16H14FN/c1-16-13-5-3-2-4-10(13)8-15(18-16)12-7-6-11(17)9-14(12)16/h2-7,9,15,18H,8H2,1H3/t15-,16+/m0/s1. The fraction of sp³-hybridized carbons (Fsp3) is 0.250. The topological polar surface area (TPSA) is 12.0 Å². The van der Waals surface area contributed by atoms with Gasteiger partial charge < -0.3 is 0 Å². The van der Waals surface area contributed by atoms with Crippen molar-refractivity contribution in [3.63, 3.8) is 0 Å². The van der Waals surface area contributed by atoms with Gasteiger partial charge in [-0.2, -0.15) is 0 Å². The Balaban J connectivity index is 2.04. The van der Waals surface area contributed by atoms with Crippen LogP contribution in [0.25, 0.3) is 0 Å². The smallest absolute Gasteiger partial charge is 0.123 e. The summed E-state index contributed by atoms with van der Waals surface area (Å²) in [4.78, 5) is 0. The molecule has 1 nitrogen and oxygen atoms in total. The van der Waals surface area contributed by atoms with E-state index in [0.717, 1.165) is 12.0 Å². The van der Waals surface area contributed by atoms with Crippen LogP contribution in [-0.4, -0.2) is 0 Å². The molecule has 2 heterocycles. The Morgan fingerprint density at radius 2 is 2.00 bits per heavy atom. The monoisotopic (exact) mass is 239 g/mol. The summed E-state index contributed by atoms with van der Waals surface area (Å²) in [7, 11) is 0. The molecule has 2 atom stereocenters. The number of rotatable bonds is 0. The summed E-state index contributed by atoms with van der Waals surface area (Å²) in [6.07, 6.45) is 0.990. The lowest BCUT2D eigenvalue weighted by molar-refractivity contribution is 0.388. The van der Waals surface area contributed by atoms with Crippen LogP contribution in [0.15, 0.2) is 42.5 Å². The van der Waals surface area contributed by atoms with E-state index in [0.29, 0.717) is 6.04 Å². The van der Waals surface area contributed by atoms with Gasteiger partial charge in [0.25, 0.3) is 0 Å². The van der Waals surface area contributed by atoms with Crippen LogP contribution in [0, 0.1) is 5.82 Å². The van der Waals surface area contributed by atoms with Gasteiger partial charge in [0.1, 0.15) is 5.82 Å². The molecule has 0 amide bonds. The predicted octanol–water partition coefficient (Wildman–Crippen LogP) is 3.29. The fourth-order valence-corrected chi connectivity index (χ4v) is 3.56. The molecule has 18 heavy (non-hydrogen) atoms. The molecule has 0 unspecified atom stereocenters. The summed E-state index contributed by atoms with van der Waals surface area (Å²) in [5.41, 5.74) is 4.76. The summed E-state index contributed by atoms with van der Waals surface area (Å²) in [5, 5.41) is 3.65. The van der Waals surface area contributed by atoms with Crippen LogP contribution in [0.3, 0.4) is 0 Å². The Labute approximate surface area is 106 Å². The number of hydrogen-bond acceptors (Lipinski definition) is 1. The van der Waals surface area contributed by atoms with Crippen LogP contribution in [0.1, 0.15) is 35.2 Å². The molecule has 2 heteroatoms. The van der Waals surface area contributed by atoms with E-state index < -0.39 is 0 Å². The molecule has 0 spiro atoms. The highest BCUT2D eigenvalue weighted by Crippen LogP contribution is 2.48. The van der Waals surface area contributed by atoms with Gasteiger partial charge in [0.2, 0.25) is 0 Å². The molecule has 2 aromatic rings. The maximum Gasteiger partial charge on any atom is 0.123 e. The maximum absolute atomic E-state index is 13.5. The highest BCUT2D eigenvalue weighted by molar-refractivity contribution is 5.54. The minimum absolute atomic E-state index is 0.151. The highest BCUT2D eigenvalue weighted by atomic mass is 19.1. The first-order chi connectivity index (χ1) is 8.68. The molecule has 90 valence electrons. The molecule has 0 fully saturated rings. The van der Waals surface area contributed by atoms with E-state index in [1.807, 2.05) is 6.07 Å². The second-order valence-electron chi connectivity index (χ2n) is 5.41. The Bertz CT molecular complexity index is 649. The SMILES string of the molecule is C[C@@]12N[C@@H](Cc3ccccc31)c1ccc(F)cc12. The van der Waals surface area contributed by atoms with Crippen molar-refractivity contribution in [2.75, 3.05) is 0 Å². The number of halogens is 1. The molecule has 2 bridgehead atoms. The minimum atomic E-state index is -0.239. The summed E-state index contributed by atoms with van der Waals surface area (Å²) < 4.78 is 13.5. The third kappa shape index (κ3) is 1.14. The summed E-state index contributed by atoms with van der Waals surface area (Å²) >= 11 is 0. The van der Waals surface area contributed by atoms with Crippen LogP contribution < -0.4 is 5.32 Å². The van der Waals surface area contributed by atoms with Crippen molar-refractivity contribution in [2.24, 2.45) is 0 Å². The van der Waals surface area contributed by atoms with Gasteiger partial charge in [-0.05, 0) is 47.7 Å². The lowest BCUT2D eigenvalue weighted by Crippen LogP contribution is -2.41. The van der Waals surface area contributed by atoms with Gasteiger partial charge in [-0.1, -0.05) is 30.3 Å². The van der Waals surface area contributed by atoms with Gasteiger partial charge in [0, 0.05) is 6.04 Å². The molecule has 0 saturated heterocycles. The van der Waals surface area contributed by atoms with Crippen molar-refractivity contribution < 1.29 is 4.39 Å². The second kappa shape index (κ2) is 3.21. The molecule has 0 aliphatic carbocycles. The van der Waals surface area contributed by atoms with Crippen molar-refractivity contribution in [2.45, 2.75) is 24.9 Å². The number of hydrogen-bond donors (Lipinski definition) is 1. The van der Waals surface area contributed by atoms with E-state index in [1.165, 1.54) is 16.7 Å². The van der Waals surface area contributed by atoms with Crippen LogP contribution in [-0.2, 0) is 12.0 Å². The van der Waals surface area contributed by atoms with Crippen LogP contribution >= 0.6 is 0 Å². The average Bonchev–Trinajstić information content (AvgIpc) is 2.59.